The van der Waals surface area contributed by atoms with Crippen LogP contribution in [-0.2, 0) is 13.0 Å². The number of rotatable bonds is 2. The highest BCUT2D eigenvalue weighted by Gasteiger charge is 2.20. The molecule has 4 nitrogen and oxygen atoms in total. The second-order valence-electron chi connectivity index (χ2n) is 5.70. The van der Waals surface area contributed by atoms with E-state index in [1.165, 1.54) is 28.4 Å². The van der Waals surface area contributed by atoms with E-state index in [0.29, 0.717) is 12.3 Å². The van der Waals surface area contributed by atoms with Gasteiger partial charge in [0, 0.05) is 18.3 Å². The molecule has 0 atom stereocenters. The van der Waals surface area contributed by atoms with Crippen molar-refractivity contribution in [1.82, 2.24) is 0 Å². The van der Waals surface area contributed by atoms with E-state index in [0.717, 1.165) is 25.6 Å². The van der Waals surface area contributed by atoms with Gasteiger partial charge in [0.05, 0.1) is 6.54 Å². The number of fused-ring (bicyclic) bond motifs is 1. The minimum atomic E-state index is -0.395. The Morgan fingerprint density at radius 1 is 1.29 bits per heavy atom. The van der Waals surface area contributed by atoms with Crippen LogP contribution < -0.4 is 10.3 Å². The molecule has 0 saturated heterocycles. The second kappa shape index (κ2) is 5.28. The van der Waals surface area contributed by atoms with Crippen LogP contribution in [0.15, 0.2) is 33.7 Å². The summed E-state index contributed by atoms with van der Waals surface area (Å²) in [6.45, 7) is 5.74. The highest BCUT2D eigenvalue weighted by molar-refractivity contribution is 5.60. The summed E-state index contributed by atoms with van der Waals surface area (Å²) in [6, 6.07) is 5.77. The smallest absolute Gasteiger partial charge is 0.226 e. The number of hydrogen-bond acceptors (Lipinski definition) is 4. The van der Waals surface area contributed by atoms with Crippen LogP contribution in [0.3, 0.4) is 0 Å². The predicted molar refractivity (Wildman–Crippen MR) is 81.9 cm³/mol. The number of nitrogens with zero attached hydrogens (tertiary/aromatic N) is 1. The van der Waals surface area contributed by atoms with E-state index in [2.05, 4.69) is 30.9 Å². The maximum absolute atomic E-state index is 11.5. The molecule has 1 aliphatic rings. The molecule has 21 heavy (non-hydrogen) atoms. The summed E-state index contributed by atoms with van der Waals surface area (Å²) in [5.74, 6) is 0.231. The molecule has 110 valence electrons. The molecule has 0 unspecified atom stereocenters. The van der Waals surface area contributed by atoms with Crippen LogP contribution in [0, 0.1) is 13.8 Å². The summed E-state index contributed by atoms with van der Waals surface area (Å²) in [4.78, 5) is 13.8. The third-order valence-corrected chi connectivity index (χ3v) is 4.00. The van der Waals surface area contributed by atoms with Gasteiger partial charge in [0.15, 0.2) is 5.75 Å². The molecule has 1 aromatic heterocycles. The Morgan fingerprint density at radius 3 is 2.86 bits per heavy atom. The summed E-state index contributed by atoms with van der Waals surface area (Å²) in [6.07, 6.45) is 3.31. The molecule has 4 heteroatoms. The summed E-state index contributed by atoms with van der Waals surface area (Å²) >= 11 is 0. The van der Waals surface area contributed by atoms with Gasteiger partial charge in [-0.25, -0.2) is 0 Å². The average molecular weight is 285 g/mol. The van der Waals surface area contributed by atoms with Gasteiger partial charge in [-0.15, -0.1) is 0 Å². The van der Waals surface area contributed by atoms with Crippen molar-refractivity contribution in [2.45, 2.75) is 33.2 Å². The van der Waals surface area contributed by atoms with Crippen LogP contribution in [0.1, 0.15) is 28.9 Å². The third kappa shape index (κ3) is 2.66. The lowest BCUT2D eigenvalue weighted by atomic mass is 9.95. The molecule has 1 N–H and O–H groups in total. The molecule has 0 fully saturated rings. The monoisotopic (exact) mass is 285 g/mol. The van der Waals surface area contributed by atoms with Gasteiger partial charge in [0.25, 0.3) is 0 Å². The fraction of sp³-hybridized carbons (Fsp3) is 0.353. The number of benzene rings is 1. The zero-order valence-corrected chi connectivity index (χ0v) is 12.3. The molecule has 3 rings (SSSR count). The normalized spacial score (nSPS) is 14.1. The van der Waals surface area contributed by atoms with Crippen molar-refractivity contribution in [1.29, 1.82) is 0 Å². The van der Waals surface area contributed by atoms with E-state index in [-0.39, 0.29) is 5.75 Å². The van der Waals surface area contributed by atoms with Crippen molar-refractivity contribution in [3.8, 4) is 5.75 Å². The summed E-state index contributed by atoms with van der Waals surface area (Å²) in [7, 11) is 0. The van der Waals surface area contributed by atoms with Crippen LogP contribution in [0.4, 0.5) is 5.69 Å². The molecule has 0 bridgehead atoms. The van der Waals surface area contributed by atoms with Crippen LogP contribution in [0.2, 0.25) is 0 Å². The first-order chi connectivity index (χ1) is 10.0. The van der Waals surface area contributed by atoms with Gasteiger partial charge in [0.1, 0.15) is 12.0 Å². The lowest BCUT2D eigenvalue weighted by Gasteiger charge is -2.32. The summed E-state index contributed by atoms with van der Waals surface area (Å²) in [5.41, 5.74) is 4.78. The molecule has 0 radical (unpaired) electrons. The summed E-state index contributed by atoms with van der Waals surface area (Å²) < 4.78 is 5.33. The number of anilines is 1. The Morgan fingerprint density at radius 2 is 2.10 bits per heavy atom. The topological polar surface area (TPSA) is 53.7 Å². The number of hydrogen-bond donors (Lipinski definition) is 1. The first kappa shape index (κ1) is 13.7. The maximum Gasteiger partial charge on any atom is 0.226 e. The average Bonchev–Trinajstić information content (AvgIpc) is 2.44. The van der Waals surface area contributed by atoms with Crippen LogP contribution in [0.5, 0.6) is 5.75 Å². The van der Waals surface area contributed by atoms with Crippen molar-refractivity contribution in [3.05, 3.63) is 57.1 Å². The SMILES string of the molecule is Cc1cc(C)c2c(c1)N(Cc1cc(=O)c(O)co1)CCC2. The van der Waals surface area contributed by atoms with Crippen molar-refractivity contribution >= 4 is 5.69 Å². The first-order valence-electron chi connectivity index (χ1n) is 7.20. The minimum Gasteiger partial charge on any atom is -0.502 e. The fourth-order valence-corrected chi connectivity index (χ4v) is 3.03. The van der Waals surface area contributed by atoms with E-state index in [1.807, 2.05) is 0 Å². The highest BCUT2D eigenvalue weighted by Crippen LogP contribution is 2.32. The van der Waals surface area contributed by atoms with Crippen LogP contribution in [0.25, 0.3) is 0 Å². The molecular formula is C17H19NO3. The van der Waals surface area contributed by atoms with E-state index >= 15 is 0 Å². The molecule has 2 heterocycles. The Labute approximate surface area is 123 Å². The Bertz CT molecular complexity index is 733. The maximum atomic E-state index is 11.5. The zero-order chi connectivity index (χ0) is 15.0. The molecule has 0 aliphatic carbocycles. The number of aryl methyl sites for hydroxylation is 2. The Hall–Kier alpha value is -2.23. The first-order valence-corrected chi connectivity index (χ1v) is 7.20. The minimum absolute atomic E-state index is 0.343. The molecule has 0 spiro atoms. The number of aromatic hydroxyl groups is 1. The summed E-state index contributed by atoms with van der Waals surface area (Å²) in [5, 5.41) is 9.26. The fourth-order valence-electron chi connectivity index (χ4n) is 3.03. The molecule has 0 amide bonds. The van der Waals surface area contributed by atoms with Crippen LogP contribution >= 0.6 is 0 Å². The van der Waals surface area contributed by atoms with Gasteiger partial charge in [-0.3, -0.25) is 4.79 Å². The lowest BCUT2D eigenvalue weighted by Crippen LogP contribution is -2.29. The van der Waals surface area contributed by atoms with Gasteiger partial charge in [0.2, 0.25) is 5.43 Å². The largest absolute Gasteiger partial charge is 0.502 e. The molecular weight excluding hydrogens is 266 g/mol. The molecule has 0 saturated carbocycles. The second-order valence-corrected chi connectivity index (χ2v) is 5.70. The Kier molecular flexibility index (Phi) is 3.45. The lowest BCUT2D eigenvalue weighted by molar-refractivity contribution is 0.410. The molecule has 1 aromatic carbocycles. The van der Waals surface area contributed by atoms with Crippen LogP contribution in [-0.4, -0.2) is 11.7 Å². The zero-order valence-electron chi connectivity index (χ0n) is 12.3. The van der Waals surface area contributed by atoms with Gasteiger partial charge >= 0.3 is 0 Å². The van der Waals surface area contributed by atoms with E-state index < -0.39 is 5.43 Å². The third-order valence-electron chi connectivity index (χ3n) is 4.00. The van der Waals surface area contributed by atoms with E-state index in [9.17, 15) is 9.90 Å². The highest BCUT2D eigenvalue weighted by atomic mass is 16.4. The van der Waals surface area contributed by atoms with Gasteiger partial charge in [-0.2, -0.15) is 0 Å². The van der Waals surface area contributed by atoms with Crippen molar-refractivity contribution in [3.63, 3.8) is 0 Å². The van der Waals surface area contributed by atoms with E-state index in [1.54, 1.807) is 0 Å². The van der Waals surface area contributed by atoms with Gasteiger partial charge < -0.3 is 14.4 Å². The quantitative estimate of drug-likeness (QED) is 0.921. The molecule has 1 aliphatic heterocycles. The predicted octanol–water partition coefficient (Wildman–Crippen LogP) is 2.92. The Balaban J connectivity index is 1.95. The van der Waals surface area contributed by atoms with Crippen molar-refractivity contribution in [2.75, 3.05) is 11.4 Å². The van der Waals surface area contributed by atoms with Gasteiger partial charge in [-0.05, 0) is 49.4 Å². The van der Waals surface area contributed by atoms with E-state index in [4.69, 9.17) is 4.42 Å². The van der Waals surface area contributed by atoms with Gasteiger partial charge in [-0.1, -0.05) is 6.07 Å². The standard InChI is InChI=1S/C17H19NO3/c1-11-6-12(2)14-4-3-5-18(15(14)7-11)9-13-8-16(19)17(20)10-21-13/h6-8,10,20H,3-5,9H2,1-2H3. The molecule has 2 aromatic rings. The van der Waals surface area contributed by atoms with Crippen molar-refractivity contribution in [2.24, 2.45) is 0 Å². The van der Waals surface area contributed by atoms with Crippen molar-refractivity contribution < 1.29 is 9.52 Å².